The number of hydrogen-bond acceptors (Lipinski definition) is 3. The molecule has 0 amide bonds. The zero-order valence-corrected chi connectivity index (χ0v) is 11.4. The fraction of sp³-hybridized carbons (Fsp3) is 0.143. The topological polar surface area (TPSA) is 47.3 Å². The second-order valence-corrected chi connectivity index (χ2v) is 4.59. The molecule has 0 unspecified atom stereocenters. The van der Waals surface area contributed by atoms with Crippen LogP contribution in [-0.2, 0) is 0 Å². The molecule has 0 aromatic heterocycles. The van der Waals surface area contributed by atoms with Crippen LogP contribution in [0, 0.1) is 12.7 Å². The van der Waals surface area contributed by atoms with Crippen molar-refractivity contribution >= 4 is 28.7 Å². The molecule has 100 valence electrons. The summed E-state index contributed by atoms with van der Waals surface area (Å²) in [5.41, 5.74) is 8.38. The van der Waals surface area contributed by atoms with E-state index in [0.717, 1.165) is 5.56 Å². The van der Waals surface area contributed by atoms with Crippen molar-refractivity contribution < 1.29 is 9.13 Å². The maximum absolute atomic E-state index is 13.5. The van der Waals surface area contributed by atoms with Gasteiger partial charge in [0.1, 0.15) is 0 Å². The van der Waals surface area contributed by atoms with E-state index in [9.17, 15) is 4.39 Å². The number of benzene rings is 2. The van der Waals surface area contributed by atoms with Crippen molar-refractivity contribution in [1.82, 2.24) is 0 Å². The molecule has 0 atom stereocenters. The van der Waals surface area contributed by atoms with Gasteiger partial charge in [-0.25, -0.2) is 4.39 Å². The number of hydrogen-bond donors (Lipinski definition) is 2. The van der Waals surface area contributed by atoms with Crippen LogP contribution in [0.1, 0.15) is 5.56 Å². The molecule has 0 spiro atoms. The van der Waals surface area contributed by atoms with Gasteiger partial charge in [0.2, 0.25) is 0 Å². The Hall–Kier alpha value is -1.94. The van der Waals surface area contributed by atoms with Crippen molar-refractivity contribution in [3.8, 4) is 5.75 Å². The standard InChI is InChI=1S/C14H14ClFN2O/c1-8-3-4-9(15)12(5-8)18-13-7-14(19-2)10(16)6-11(13)17/h3-7,18H,17H2,1-2H3. The normalized spacial score (nSPS) is 10.3. The number of nitrogens with two attached hydrogens (primary N) is 1. The molecule has 2 aromatic rings. The summed E-state index contributed by atoms with van der Waals surface area (Å²) in [4.78, 5) is 0. The van der Waals surface area contributed by atoms with E-state index in [-0.39, 0.29) is 11.4 Å². The maximum Gasteiger partial charge on any atom is 0.167 e. The largest absolute Gasteiger partial charge is 0.494 e. The van der Waals surface area contributed by atoms with Crippen molar-refractivity contribution in [2.24, 2.45) is 0 Å². The molecule has 0 aliphatic carbocycles. The van der Waals surface area contributed by atoms with Crippen LogP contribution in [0.3, 0.4) is 0 Å². The van der Waals surface area contributed by atoms with Gasteiger partial charge in [0.15, 0.2) is 11.6 Å². The summed E-state index contributed by atoms with van der Waals surface area (Å²) >= 11 is 6.09. The first-order valence-corrected chi connectivity index (χ1v) is 6.05. The van der Waals surface area contributed by atoms with Crippen molar-refractivity contribution in [3.63, 3.8) is 0 Å². The summed E-state index contributed by atoms with van der Waals surface area (Å²) in [6, 6.07) is 8.30. The summed E-state index contributed by atoms with van der Waals surface area (Å²) in [5.74, 6) is -0.374. The van der Waals surface area contributed by atoms with Crippen molar-refractivity contribution in [2.75, 3.05) is 18.2 Å². The van der Waals surface area contributed by atoms with Crippen molar-refractivity contribution in [1.29, 1.82) is 0 Å². The fourth-order valence-corrected chi connectivity index (χ4v) is 1.88. The highest BCUT2D eigenvalue weighted by Crippen LogP contribution is 2.33. The summed E-state index contributed by atoms with van der Waals surface area (Å²) < 4.78 is 18.4. The molecule has 0 saturated carbocycles. The van der Waals surface area contributed by atoms with E-state index >= 15 is 0 Å². The van der Waals surface area contributed by atoms with Gasteiger partial charge < -0.3 is 15.8 Å². The first-order chi connectivity index (χ1) is 9.01. The molecule has 0 bridgehead atoms. The van der Waals surface area contributed by atoms with Crippen LogP contribution >= 0.6 is 11.6 Å². The first kappa shape index (κ1) is 13.5. The zero-order chi connectivity index (χ0) is 14.0. The Bertz CT molecular complexity index is 617. The van der Waals surface area contributed by atoms with Crippen LogP contribution < -0.4 is 15.8 Å². The van der Waals surface area contributed by atoms with Gasteiger partial charge in [0.05, 0.1) is 29.2 Å². The van der Waals surface area contributed by atoms with Crippen LogP contribution in [0.4, 0.5) is 21.5 Å². The summed E-state index contributed by atoms with van der Waals surface area (Å²) in [6.45, 7) is 1.95. The molecule has 0 saturated heterocycles. The zero-order valence-electron chi connectivity index (χ0n) is 10.6. The number of ether oxygens (including phenoxy) is 1. The van der Waals surface area contributed by atoms with E-state index in [1.165, 1.54) is 19.2 Å². The molecule has 3 N–H and O–H groups in total. The highest BCUT2D eigenvalue weighted by molar-refractivity contribution is 6.33. The number of anilines is 3. The van der Waals surface area contributed by atoms with Gasteiger partial charge in [-0.1, -0.05) is 17.7 Å². The van der Waals surface area contributed by atoms with Gasteiger partial charge >= 0.3 is 0 Å². The van der Waals surface area contributed by atoms with Crippen LogP contribution in [0.5, 0.6) is 5.75 Å². The molecule has 0 aliphatic heterocycles. The molecule has 0 radical (unpaired) electrons. The lowest BCUT2D eigenvalue weighted by Gasteiger charge is -2.13. The van der Waals surface area contributed by atoms with Crippen LogP contribution in [0.15, 0.2) is 30.3 Å². The summed E-state index contributed by atoms with van der Waals surface area (Å²) in [5, 5.41) is 3.64. The molecule has 5 heteroatoms. The van der Waals surface area contributed by atoms with E-state index in [4.69, 9.17) is 22.1 Å². The number of aryl methyl sites for hydroxylation is 1. The number of methoxy groups -OCH3 is 1. The highest BCUT2D eigenvalue weighted by Gasteiger charge is 2.10. The maximum atomic E-state index is 13.5. The third kappa shape index (κ3) is 2.90. The van der Waals surface area contributed by atoms with Gasteiger partial charge in [0, 0.05) is 12.1 Å². The third-order valence-electron chi connectivity index (χ3n) is 2.72. The number of nitrogens with one attached hydrogen (secondary N) is 1. The van der Waals surface area contributed by atoms with Crippen molar-refractivity contribution in [2.45, 2.75) is 6.92 Å². The van der Waals surface area contributed by atoms with Gasteiger partial charge in [-0.3, -0.25) is 0 Å². The lowest BCUT2D eigenvalue weighted by atomic mass is 10.2. The van der Waals surface area contributed by atoms with Crippen LogP contribution in [-0.4, -0.2) is 7.11 Å². The third-order valence-corrected chi connectivity index (χ3v) is 3.04. The second-order valence-electron chi connectivity index (χ2n) is 4.18. The van der Waals surface area contributed by atoms with Crippen LogP contribution in [0.2, 0.25) is 5.02 Å². The minimum atomic E-state index is -0.499. The molecule has 19 heavy (non-hydrogen) atoms. The summed E-state index contributed by atoms with van der Waals surface area (Å²) in [6.07, 6.45) is 0. The van der Waals surface area contributed by atoms with E-state index in [2.05, 4.69) is 5.32 Å². The minimum absolute atomic E-state index is 0.125. The molecule has 2 aromatic carbocycles. The Morgan fingerprint density at radius 3 is 2.63 bits per heavy atom. The number of rotatable bonds is 3. The molecular formula is C14H14ClFN2O. The Labute approximate surface area is 116 Å². The predicted octanol–water partition coefficient (Wildman–Crippen LogP) is 4.12. The smallest absolute Gasteiger partial charge is 0.167 e. The molecule has 3 nitrogen and oxygen atoms in total. The molecule has 2 rings (SSSR count). The minimum Gasteiger partial charge on any atom is -0.494 e. The van der Waals surface area contributed by atoms with Gasteiger partial charge in [0.25, 0.3) is 0 Å². The molecule has 0 heterocycles. The monoisotopic (exact) mass is 280 g/mol. The number of nitrogen functional groups attached to an aromatic ring is 1. The lowest BCUT2D eigenvalue weighted by Crippen LogP contribution is -2.00. The molecular weight excluding hydrogens is 267 g/mol. The van der Waals surface area contributed by atoms with Gasteiger partial charge in [-0.2, -0.15) is 0 Å². The van der Waals surface area contributed by atoms with E-state index in [1.807, 2.05) is 19.1 Å². The molecule has 0 aliphatic rings. The van der Waals surface area contributed by atoms with Crippen LogP contribution in [0.25, 0.3) is 0 Å². The Kier molecular flexibility index (Phi) is 3.81. The van der Waals surface area contributed by atoms with E-state index < -0.39 is 5.82 Å². The Morgan fingerprint density at radius 1 is 1.21 bits per heavy atom. The highest BCUT2D eigenvalue weighted by atomic mass is 35.5. The predicted molar refractivity (Wildman–Crippen MR) is 76.8 cm³/mol. The Morgan fingerprint density at radius 2 is 1.95 bits per heavy atom. The van der Waals surface area contributed by atoms with E-state index in [1.54, 1.807) is 6.07 Å². The van der Waals surface area contributed by atoms with E-state index in [0.29, 0.717) is 16.4 Å². The first-order valence-electron chi connectivity index (χ1n) is 5.67. The summed E-state index contributed by atoms with van der Waals surface area (Å²) in [7, 11) is 1.40. The quantitative estimate of drug-likeness (QED) is 0.831. The Balaban J connectivity index is 2.40. The average molecular weight is 281 g/mol. The fourth-order valence-electron chi connectivity index (χ4n) is 1.71. The number of halogens is 2. The van der Waals surface area contributed by atoms with Gasteiger partial charge in [-0.05, 0) is 24.6 Å². The van der Waals surface area contributed by atoms with Crippen molar-refractivity contribution in [3.05, 3.63) is 46.7 Å². The van der Waals surface area contributed by atoms with Gasteiger partial charge in [-0.15, -0.1) is 0 Å². The lowest BCUT2D eigenvalue weighted by molar-refractivity contribution is 0.387. The second kappa shape index (κ2) is 5.36. The SMILES string of the molecule is COc1cc(Nc2cc(C)ccc2Cl)c(N)cc1F. The average Bonchev–Trinajstić information content (AvgIpc) is 2.37. The molecule has 0 fully saturated rings.